The number of anilines is 1. The molecule has 0 unspecified atom stereocenters. The number of carbonyl (C=O) groups is 1. The maximum absolute atomic E-state index is 12.9. The Morgan fingerprint density at radius 3 is 2.00 bits per heavy atom. The van der Waals surface area contributed by atoms with Crippen LogP contribution in [0.1, 0.15) is 87.5 Å². The molecule has 2 aromatic rings. The second-order valence-electron chi connectivity index (χ2n) is 9.28. The minimum absolute atomic E-state index is 0.0590. The van der Waals surface area contributed by atoms with Crippen LogP contribution in [0.2, 0.25) is 0 Å². The minimum Gasteiger partial charge on any atom is -0.337 e. The van der Waals surface area contributed by atoms with E-state index in [9.17, 15) is 4.79 Å². The smallest absolute Gasteiger partial charge is 0.319 e. The van der Waals surface area contributed by atoms with Crippen molar-refractivity contribution in [1.82, 2.24) is 5.32 Å². The third kappa shape index (κ3) is 4.83. The van der Waals surface area contributed by atoms with Gasteiger partial charge < -0.3 is 10.6 Å². The van der Waals surface area contributed by atoms with Gasteiger partial charge in [0.15, 0.2) is 0 Å². The number of nitrogens with one attached hydrogen (secondary N) is 2. The van der Waals surface area contributed by atoms with Crippen LogP contribution in [-0.2, 0) is 5.41 Å². The van der Waals surface area contributed by atoms with Gasteiger partial charge in [0.05, 0.1) is 0 Å². The van der Waals surface area contributed by atoms with Crippen molar-refractivity contribution >= 4 is 11.7 Å². The topological polar surface area (TPSA) is 41.1 Å². The number of hydrogen-bond acceptors (Lipinski definition) is 1. The maximum atomic E-state index is 12.9. The van der Waals surface area contributed by atoms with Gasteiger partial charge in [-0.25, -0.2) is 4.79 Å². The third-order valence-corrected chi connectivity index (χ3v) is 6.42. The number of carbonyl (C=O) groups excluding carboxylic acids is 1. The Morgan fingerprint density at radius 2 is 1.48 bits per heavy atom. The molecule has 1 aliphatic rings. The van der Waals surface area contributed by atoms with E-state index in [0.717, 1.165) is 18.5 Å². The third-order valence-electron chi connectivity index (χ3n) is 6.42. The number of rotatable bonds is 6. The standard InChI is InChI=1S/C26H36N2O/c1-18(2)22-9-8-10-23(19(3)4)24(22)28-25(29)27-17-26(15-6-7-16-26)21-13-11-20(5)12-14-21/h8-14,18-19H,6-7,15-17H2,1-5H3,(H2,27,28,29). The fourth-order valence-electron chi connectivity index (χ4n) is 4.63. The summed E-state index contributed by atoms with van der Waals surface area (Å²) >= 11 is 0. The number of para-hydroxylation sites is 1. The molecule has 2 N–H and O–H groups in total. The Labute approximate surface area is 176 Å². The molecule has 3 nitrogen and oxygen atoms in total. The SMILES string of the molecule is Cc1ccc(C2(CNC(=O)Nc3c(C(C)C)cccc3C(C)C)CCCC2)cc1. The van der Waals surface area contributed by atoms with E-state index in [1.165, 1.54) is 35.1 Å². The predicted octanol–water partition coefficient (Wildman–Crippen LogP) is 6.88. The van der Waals surface area contributed by atoms with Crippen molar-refractivity contribution in [3.63, 3.8) is 0 Å². The Kier molecular flexibility index (Phi) is 6.66. The molecule has 1 aliphatic carbocycles. The first kappa shape index (κ1) is 21.4. The van der Waals surface area contributed by atoms with Crippen molar-refractivity contribution < 1.29 is 4.79 Å². The van der Waals surface area contributed by atoms with E-state index in [1.807, 2.05) is 0 Å². The number of urea groups is 1. The molecule has 0 aromatic heterocycles. The summed E-state index contributed by atoms with van der Waals surface area (Å²) in [5, 5.41) is 6.40. The quantitative estimate of drug-likeness (QED) is 0.553. The molecule has 2 amide bonds. The van der Waals surface area contributed by atoms with Gasteiger partial charge in [-0.3, -0.25) is 0 Å². The molecule has 0 radical (unpaired) electrons. The van der Waals surface area contributed by atoms with Gasteiger partial charge >= 0.3 is 6.03 Å². The van der Waals surface area contributed by atoms with Crippen LogP contribution < -0.4 is 10.6 Å². The van der Waals surface area contributed by atoms with E-state index in [0.29, 0.717) is 18.4 Å². The molecule has 0 spiro atoms. The Bertz CT molecular complexity index is 804. The lowest BCUT2D eigenvalue weighted by Crippen LogP contribution is -2.41. The highest BCUT2D eigenvalue weighted by Crippen LogP contribution is 2.41. The maximum Gasteiger partial charge on any atom is 0.319 e. The Morgan fingerprint density at radius 1 is 0.931 bits per heavy atom. The van der Waals surface area contributed by atoms with Gasteiger partial charge in [-0.2, -0.15) is 0 Å². The summed E-state index contributed by atoms with van der Waals surface area (Å²) in [6, 6.07) is 15.1. The molecule has 0 saturated heterocycles. The van der Waals surface area contributed by atoms with Gasteiger partial charge in [-0.05, 0) is 48.3 Å². The van der Waals surface area contributed by atoms with E-state index in [2.05, 4.69) is 87.7 Å². The molecule has 1 fully saturated rings. The van der Waals surface area contributed by atoms with Crippen molar-refractivity contribution in [2.75, 3.05) is 11.9 Å². The first-order chi connectivity index (χ1) is 13.8. The van der Waals surface area contributed by atoms with Gasteiger partial charge in [0.1, 0.15) is 0 Å². The highest BCUT2D eigenvalue weighted by molar-refractivity contribution is 5.91. The predicted molar refractivity (Wildman–Crippen MR) is 123 cm³/mol. The van der Waals surface area contributed by atoms with Crippen LogP contribution in [-0.4, -0.2) is 12.6 Å². The molecule has 0 heterocycles. The highest BCUT2D eigenvalue weighted by Gasteiger charge is 2.36. The number of benzene rings is 2. The molecular weight excluding hydrogens is 356 g/mol. The monoisotopic (exact) mass is 392 g/mol. The van der Waals surface area contributed by atoms with Crippen molar-refractivity contribution in [3.05, 3.63) is 64.7 Å². The zero-order valence-electron chi connectivity index (χ0n) is 18.6. The van der Waals surface area contributed by atoms with E-state index >= 15 is 0 Å². The summed E-state index contributed by atoms with van der Waals surface area (Å²) in [7, 11) is 0. The molecule has 29 heavy (non-hydrogen) atoms. The van der Waals surface area contributed by atoms with Crippen LogP contribution in [0, 0.1) is 6.92 Å². The molecule has 3 rings (SSSR count). The van der Waals surface area contributed by atoms with Crippen LogP contribution in [0.25, 0.3) is 0 Å². The summed E-state index contributed by atoms with van der Waals surface area (Å²) in [6.45, 7) is 11.5. The van der Waals surface area contributed by atoms with Gasteiger partial charge in [0.2, 0.25) is 0 Å². The fourth-order valence-corrected chi connectivity index (χ4v) is 4.63. The normalized spacial score (nSPS) is 15.7. The number of hydrogen-bond donors (Lipinski definition) is 2. The summed E-state index contributed by atoms with van der Waals surface area (Å²) in [5.74, 6) is 0.718. The lowest BCUT2D eigenvalue weighted by Gasteiger charge is -2.30. The highest BCUT2D eigenvalue weighted by atomic mass is 16.2. The molecule has 0 bridgehead atoms. The second kappa shape index (κ2) is 9.02. The van der Waals surface area contributed by atoms with E-state index < -0.39 is 0 Å². The van der Waals surface area contributed by atoms with E-state index in [-0.39, 0.29) is 11.4 Å². The Balaban J connectivity index is 1.76. The van der Waals surface area contributed by atoms with Gasteiger partial charge in [-0.1, -0.05) is 88.6 Å². The average molecular weight is 393 g/mol. The van der Waals surface area contributed by atoms with Crippen LogP contribution in [0.4, 0.5) is 10.5 Å². The molecule has 1 saturated carbocycles. The van der Waals surface area contributed by atoms with Crippen LogP contribution in [0.3, 0.4) is 0 Å². The summed E-state index contributed by atoms with van der Waals surface area (Å²) in [6.07, 6.45) is 4.72. The molecule has 156 valence electrons. The van der Waals surface area contributed by atoms with E-state index in [1.54, 1.807) is 0 Å². The molecule has 0 aliphatic heterocycles. The lowest BCUT2D eigenvalue weighted by molar-refractivity contribution is 0.248. The van der Waals surface area contributed by atoms with E-state index in [4.69, 9.17) is 0 Å². The molecular formula is C26H36N2O. The van der Waals surface area contributed by atoms with Gasteiger partial charge in [0, 0.05) is 17.6 Å². The van der Waals surface area contributed by atoms with Crippen LogP contribution >= 0.6 is 0 Å². The first-order valence-corrected chi connectivity index (χ1v) is 11.1. The molecule has 0 atom stereocenters. The largest absolute Gasteiger partial charge is 0.337 e. The second-order valence-corrected chi connectivity index (χ2v) is 9.28. The molecule has 2 aromatic carbocycles. The van der Waals surface area contributed by atoms with Gasteiger partial charge in [-0.15, -0.1) is 0 Å². The number of aryl methyl sites for hydroxylation is 1. The zero-order chi connectivity index (χ0) is 21.0. The lowest BCUT2D eigenvalue weighted by atomic mass is 9.78. The van der Waals surface area contributed by atoms with Crippen molar-refractivity contribution in [2.24, 2.45) is 0 Å². The van der Waals surface area contributed by atoms with Crippen LogP contribution in [0.5, 0.6) is 0 Å². The van der Waals surface area contributed by atoms with Crippen molar-refractivity contribution in [1.29, 1.82) is 0 Å². The van der Waals surface area contributed by atoms with Crippen molar-refractivity contribution in [2.45, 2.75) is 77.6 Å². The van der Waals surface area contributed by atoms with Crippen LogP contribution in [0.15, 0.2) is 42.5 Å². The summed E-state index contributed by atoms with van der Waals surface area (Å²) in [4.78, 5) is 12.9. The van der Waals surface area contributed by atoms with Gasteiger partial charge in [0.25, 0.3) is 0 Å². The minimum atomic E-state index is -0.0987. The average Bonchev–Trinajstić information content (AvgIpc) is 3.17. The number of amides is 2. The first-order valence-electron chi connectivity index (χ1n) is 11.1. The zero-order valence-corrected chi connectivity index (χ0v) is 18.6. The van der Waals surface area contributed by atoms with Crippen molar-refractivity contribution in [3.8, 4) is 0 Å². The summed E-state index contributed by atoms with van der Waals surface area (Å²) in [5.41, 5.74) is 6.06. The molecule has 3 heteroatoms. The Hall–Kier alpha value is -2.29. The summed E-state index contributed by atoms with van der Waals surface area (Å²) < 4.78 is 0. The fraction of sp³-hybridized carbons (Fsp3) is 0.500.